The molecule has 33 heavy (non-hydrogen) atoms. The third-order valence-electron chi connectivity index (χ3n) is 5.44. The molecule has 11 heteroatoms. The number of urea groups is 1. The lowest BCUT2D eigenvalue weighted by Crippen LogP contribution is -2.44. The molecule has 3 aromatic heterocycles. The van der Waals surface area contributed by atoms with Crippen LogP contribution in [0.2, 0.25) is 0 Å². The topological polar surface area (TPSA) is 110 Å². The van der Waals surface area contributed by atoms with Gasteiger partial charge in [-0.15, -0.1) is 16.4 Å². The van der Waals surface area contributed by atoms with Crippen molar-refractivity contribution in [3.05, 3.63) is 41.8 Å². The molecule has 1 aliphatic rings. The number of nitrogens with zero attached hydrogens (tertiary/aromatic N) is 6. The van der Waals surface area contributed by atoms with Gasteiger partial charge in [0.15, 0.2) is 22.8 Å². The summed E-state index contributed by atoms with van der Waals surface area (Å²) in [5.41, 5.74) is 2.91. The number of rotatable bonds is 5. The van der Waals surface area contributed by atoms with Crippen LogP contribution in [0.4, 0.5) is 21.3 Å². The molecule has 2 amide bonds. The number of fused-ring (bicyclic) bond motifs is 1. The maximum Gasteiger partial charge on any atom is 0.324 e. The quantitative estimate of drug-likeness (QED) is 0.462. The number of hydrogen-bond acceptors (Lipinski definition) is 8. The van der Waals surface area contributed by atoms with Crippen LogP contribution in [0.25, 0.3) is 22.6 Å². The van der Waals surface area contributed by atoms with Crippen molar-refractivity contribution >= 4 is 45.0 Å². The fourth-order valence-corrected chi connectivity index (χ4v) is 4.37. The van der Waals surface area contributed by atoms with Crippen molar-refractivity contribution in [2.45, 2.75) is 26.4 Å². The summed E-state index contributed by atoms with van der Waals surface area (Å²) in [5, 5.41) is 17.0. The smallest absolute Gasteiger partial charge is 0.324 e. The van der Waals surface area contributed by atoms with Gasteiger partial charge in [0.2, 0.25) is 0 Å². The molecule has 0 aliphatic carbocycles. The molecule has 4 aromatic rings. The summed E-state index contributed by atoms with van der Waals surface area (Å²) in [7, 11) is 0. The Morgan fingerprint density at radius 2 is 2.06 bits per heavy atom. The van der Waals surface area contributed by atoms with E-state index in [1.165, 1.54) is 11.3 Å². The van der Waals surface area contributed by atoms with Gasteiger partial charge in [0.05, 0.1) is 24.3 Å². The van der Waals surface area contributed by atoms with E-state index in [2.05, 4.69) is 32.8 Å². The minimum Gasteiger partial charge on any atom is -0.377 e. The Hall–Kier alpha value is -3.57. The Labute approximate surface area is 194 Å². The van der Waals surface area contributed by atoms with E-state index in [0.717, 1.165) is 22.9 Å². The number of amides is 2. The zero-order valence-electron chi connectivity index (χ0n) is 18.4. The molecular weight excluding hydrogens is 440 g/mol. The first-order valence-electron chi connectivity index (χ1n) is 10.8. The van der Waals surface area contributed by atoms with E-state index in [9.17, 15) is 4.79 Å². The number of aryl methyl sites for hydroxylation is 1. The van der Waals surface area contributed by atoms with E-state index in [1.54, 1.807) is 4.68 Å². The number of carbonyl (C=O) groups excluding carboxylic acids is 1. The fraction of sp³-hybridized carbons (Fsp3) is 0.318. The van der Waals surface area contributed by atoms with Crippen molar-refractivity contribution in [1.82, 2.24) is 25.0 Å². The van der Waals surface area contributed by atoms with Crippen molar-refractivity contribution in [3.63, 3.8) is 0 Å². The highest BCUT2D eigenvalue weighted by Crippen LogP contribution is 2.29. The predicted molar refractivity (Wildman–Crippen MR) is 129 cm³/mol. The predicted octanol–water partition coefficient (Wildman–Crippen LogP) is 3.84. The Morgan fingerprint density at radius 1 is 1.21 bits per heavy atom. The van der Waals surface area contributed by atoms with Gasteiger partial charge in [-0.3, -0.25) is 5.32 Å². The number of thiophene rings is 1. The zero-order valence-corrected chi connectivity index (χ0v) is 19.2. The van der Waals surface area contributed by atoms with E-state index in [0.29, 0.717) is 42.4 Å². The number of ether oxygens (including phenoxy) is 1. The number of nitrogens with one attached hydrogen (secondary N) is 2. The third kappa shape index (κ3) is 4.37. The number of hydrogen-bond donors (Lipinski definition) is 2. The molecule has 5 rings (SSSR count). The Kier molecular flexibility index (Phi) is 5.88. The van der Waals surface area contributed by atoms with Crippen molar-refractivity contribution in [3.8, 4) is 11.4 Å². The highest BCUT2D eigenvalue weighted by Gasteiger charge is 2.26. The van der Waals surface area contributed by atoms with Crippen molar-refractivity contribution in [2.75, 3.05) is 35.3 Å². The zero-order chi connectivity index (χ0) is 22.8. The maximum atomic E-state index is 12.2. The average molecular weight is 465 g/mol. The first-order valence-corrected chi connectivity index (χ1v) is 11.7. The van der Waals surface area contributed by atoms with Gasteiger partial charge in [0.25, 0.3) is 0 Å². The molecule has 1 fully saturated rings. The van der Waals surface area contributed by atoms with Crippen molar-refractivity contribution in [2.24, 2.45) is 0 Å². The summed E-state index contributed by atoms with van der Waals surface area (Å²) in [6.07, 6.45) is 0. The minimum absolute atomic E-state index is 0.171. The first kappa shape index (κ1) is 21.3. The van der Waals surface area contributed by atoms with Gasteiger partial charge in [-0.1, -0.05) is 5.21 Å². The fourth-order valence-electron chi connectivity index (χ4n) is 3.75. The van der Waals surface area contributed by atoms with Crippen molar-refractivity contribution < 1.29 is 9.53 Å². The van der Waals surface area contributed by atoms with E-state index in [1.807, 2.05) is 48.7 Å². The molecule has 1 aromatic carbocycles. The number of aromatic nitrogens is 5. The summed E-state index contributed by atoms with van der Waals surface area (Å²) in [5.74, 6) is 1.35. The van der Waals surface area contributed by atoms with Gasteiger partial charge in [-0.25, -0.2) is 19.4 Å². The van der Waals surface area contributed by atoms with Crippen LogP contribution in [0.5, 0.6) is 0 Å². The van der Waals surface area contributed by atoms with E-state index < -0.39 is 0 Å². The van der Waals surface area contributed by atoms with Crippen LogP contribution < -0.4 is 15.5 Å². The number of carbonyl (C=O) groups is 1. The molecule has 2 N–H and O–H groups in total. The Bertz CT molecular complexity index is 1260. The molecule has 0 radical (unpaired) electrons. The molecule has 1 aliphatic heterocycles. The molecule has 0 bridgehead atoms. The van der Waals surface area contributed by atoms with E-state index in [-0.39, 0.29) is 12.1 Å². The third-order valence-corrected chi connectivity index (χ3v) is 6.23. The van der Waals surface area contributed by atoms with Crippen LogP contribution in [0.1, 0.15) is 13.8 Å². The molecule has 170 valence electrons. The standard InChI is InChI=1S/C22H24N8O2S/c1-3-30-21-18(27-28-30)20(29-10-11-32-13-14(29)2)25-19(26-21)15-6-8-16(9-7-15)23-22(31)24-17-5-4-12-33-17/h4-9,12,14H,3,10-11,13H2,1-2H3,(H2,23,24,31). The molecule has 1 atom stereocenters. The molecule has 0 spiro atoms. The largest absolute Gasteiger partial charge is 0.377 e. The number of morpholine rings is 1. The second-order valence-electron chi connectivity index (χ2n) is 7.70. The highest BCUT2D eigenvalue weighted by atomic mass is 32.1. The van der Waals surface area contributed by atoms with Gasteiger partial charge in [-0.2, -0.15) is 0 Å². The van der Waals surface area contributed by atoms with E-state index >= 15 is 0 Å². The van der Waals surface area contributed by atoms with Crippen LogP contribution in [0.15, 0.2) is 41.8 Å². The number of anilines is 3. The van der Waals surface area contributed by atoms with Gasteiger partial charge < -0.3 is 15.0 Å². The monoisotopic (exact) mass is 464 g/mol. The van der Waals surface area contributed by atoms with Crippen LogP contribution in [0.3, 0.4) is 0 Å². The Balaban J connectivity index is 1.44. The molecule has 1 saturated heterocycles. The summed E-state index contributed by atoms with van der Waals surface area (Å²) in [6, 6.07) is 11.1. The van der Waals surface area contributed by atoms with Gasteiger partial charge in [0.1, 0.15) is 0 Å². The van der Waals surface area contributed by atoms with Crippen molar-refractivity contribution in [1.29, 1.82) is 0 Å². The minimum atomic E-state index is -0.288. The van der Waals surface area contributed by atoms with Gasteiger partial charge >= 0.3 is 6.03 Å². The molecule has 0 saturated carbocycles. The molecular formula is C22H24N8O2S. The van der Waals surface area contributed by atoms with Crippen LogP contribution >= 0.6 is 11.3 Å². The summed E-state index contributed by atoms with van der Waals surface area (Å²) >= 11 is 1.47. The lowest BCUT2D eigenvalue weighted by atomic mass is 10.2. The SMILES string of the molecule is CCn1nnc2c(N3CCOCC3C)nc(-c3ccc(NC(=O)Nc4cccs4)cc3)nc21. The number of benzene rings is 1. The van der Waals surface area contributed by atoms with Crippen LogP contribution in [0, 0.1) is 0 Å². The molecule has 1 unspecified atom stereocenters. The maximum absolute atomic E-state index is 12.2. The summed E-state index contributed by atoms with van der Waals surface area (Å²) in [4.78, 5) is 24.1. The summed E-state index contributed by atoms with van der Waals surface area (Å²) < 4.78 is 7.38. The second kappa shape index (κ2) is 9.12. The molecule has 4 heterocycles. The van der Waals surface area contributed by atoms with Crippen LogP contribution in [-0.4, -0.2) is 56.8 Å². The average Bonchev–Trinajstić information content (AvgIpc) is 3.49. The second-order valence-corrected chi connectivity index (χ2v) is 8.65. The summed E-state index contributed by atoms with van der Waals surface area (Å²) in [6.45, 7) is 6.78. The lowest BCUT2D eigenvalue weighted by Gasteiger charge is -2.34. The van der Waals surface area contributed by atoms with Crippen LogP contribution in [-0.2, 0) is 11.3 Å². The lowest BCUT2D eigenvalue weighted by molar-refractivity contribution is 0.0987. The normalized spacial score (nSPS) is 16.2. The Morgan fingerprint density at radius 3 is 2.79 bits per heavy atom. The van der Waals surface area contributed by atoms with Gasteiger partial charge in [0, 0.05) is 24.3 Å². The van der Waals surface area contributed by atoms with Gasteiger partial charge in [-0.05, 0) is 55.6 Å². The molecule has 10 nitrogen and oxygen atoms in total. The van der Waals surface area contributed by atoms with E-state index in [4.69, 9.17) is 14.7 Å². The highest BCUT2D eigenvalue weighted by molar-refractivity contribution is 7.14. The first-order chi connectivity index (χ1) is 16.1.